The van der Waals surface area contributed by atoms with E-state index >= 15 is 0 Å². The molecule has 10 heavy (non-hydrogen) atoms. The van der Waals surface area contributed by atoms with E-state index in [-0.39, 0.29) is 6.10 Å². The van der Waals surface area contributed by atoms with Gasteiger partial charge in [-0.2, -0.15) is 0 Å². The number of nitrogens with two attached hydrogens (primary N) is 1. The van der Waals surface area contributed by atoms with Gasteiger partial charge in [-0.25, -0.2) is 5.90 Å². The molecule has 2 nitrogen and oxygen atoms in total. The maximum absolute atomic E-state index is 5.41. The average Bonchev–Trinajstić information content (AvgIpc) is 1.98. The number of hydrogen-bond acceptors (Lipinski definition) is 2. The van der Waals surface area contributed by atoms with Crippen LogP contribution in [0.5, 0.6) is 0 Å². The van der Waals surface area contributed by atoms with Crippen molar-refractivity contribution in [3.8, 4) is 0 Å². The summed E-state index contributed by atoms with van der Waals surface area (Å²) in [6.45, 7) is 7.59. The molecule has 0 fully saturated rings. The molecule has 0 bridgehead atoms. The fourth-order valence-electron chi connectivity index (χ4n) is 0.840. The van der Waals surface area contributed by atoms with E-state index in [4.69, 9.17) is 12.8 Å². The Morgan fingerprint density at radius 2 is 2.10 bits per heavy atom. The first-order valence-corrected chi connectivity index (χ1v) is 3.92. The van der Waals surface area contributed by atoms with Gasteiger partial charge in [-0.3, -0.25) is 0 Å². The maximum atomic E-state index is 5.41. The minimum Gasteiger partial charge on any atom is -0.301 e. The molecule has 0 aliphatic heterocycles. The third kappa shape index (κ3) is 6.05. The zero-order chi connectivity index (χ0) is 7.82. The summed E-state index contributed by atoms with van der Waals surface area (Å²) in [5.41, 5.74) is 0. The van der Waals surface area contributed by atoms with Gasteiger partial charge in [0.25, 0.3) is 0 Å². The Labute approximate surface area is 63.7 Å². The molecule has 0 rings (SSSR count). The first kappa shape index (κ1) is 9.92. The van der Waals surface area contributed by atoms with Crippen LogP contribution in [0.4, 0.5) is 0 Å². The van der Waals surface area contributed by atoms with E-state index in [9.17, 15) is 0 Å². The second-order valence-corrected chi connectivity index (χ2v) is 2.52. The summed E-state index contributed by atoms with van der Waals surface area (Å²) in [6.07, 6.45) is 5.48. The summed E-state index contributed by atoms with van der Waals surface area (Å²) in [4.78, 5) is 4.41. The van der Waals surface area contributed by atoms with Crippen LogP contribution in [0.15, 0.2) is 0 Å². The number of rotatable bonds is 6. The molecule has 0 saturated heterocycles. The number of hydrogen-bond donors (Lipinski definition) is 1. The van der Waals surface area contributed by atoms with Crippen LogP contribution in [0, 0.1) is 6.92 Å². The molecule has 1 atom stereocenters. The van der Waals surface area contributed by atoms with Gasteiger partial charge < -0.3 is 4.84 Å². The molecule has 60 valence electrons. The molecule has 0 aromatic rings. The van der Waals surface area contributed by atoms with Crippen LogP contribution in [0.3, 0.4) is 0 Å². The molecule has 0 aromatic heterocycles. The van der Waals surface area contributed by atoms with E-state index in [1.165, 1.54) is 19.3 Å². The van der Waals surface area contributed by atoms with Crippen molar-refractivity contribution in [3.63, 3.8) is 0 Å². The molecule has 2 N–H and O–H groups in total. The van der Waals surface area contributed by atoms with Crippen LogP contribution in [0.1, 0.15) is 39.0 Å². The van der Waals surface area contributed by atoms with Gasteiger partial charge in [0.15, 0.2) is 0 Å². The summed E-state index contributed by atoms with van der Waals surface area (Å²) < 4.78 is 0. The Morgan fingerprint density at radius 1 is 1.40 bits per heavy atom. The first-order chi connectivity index (χ1) is 4.81. The Bertz CT molecular complexity index is 66.3. The largest absolute Gasteiger partial charge is 0.301 e. The third-order valence-corrected chi connectivity index (χ3v) is 1.52. The molecular weight excluding hydrogens is 126 g/mol. The molecule has 0 saturated carbocycles. The van der Waals surface area contributed by atoms with Crippen molar-refractivity contribution in [2.24, 2.45) is 5.90 Å². The summed E-state index contributed by atoms with van der Waals surface area (Å²) in [6, 6.07) is 0. The smallest absolute Gasteiger partial charge is 0.0823 e. The van der Waals surface area contributed by atoms with Gasteiger partial charge >= 0.3 is 0 Å². The lowest BCUT2D eigenvalue weighted by atomic mass is 10.1. The predicted molar refractivity (Wildman–Crippen MR) is 42.1 cm³/mol. The third-order valence-electron chi connectivity index (χ3n) is 1.52. The molecule has 1 unspecified atom stereocenters. The van der Waals surface area contributed by atoms with Gasteiger partial charge in [0.05, 0.1) is 6.10 Å². The Hall–Kier alpha value is -0.0800. The molecule has 0 aliphatic rings. The zero-order valence-corrected chi connectivity index (χ0v) is 6.68. The summed E-state index contributed by atoms with van der Waals surface area (Å²) in [7, 11) is 0. The molecule has 0 heterocycles. The summed E-state index contributed by atoms with van der Waals surface area (Å²) >= 11 is 0. The van der Waals surface area contributed by atoms with Crippen molar-refractivity contribution < 1.29 is 4.84 Å². The SMILES string of the molecule is [CH]C(CCCCCC)ON. The Kier molecular flexibility index (Phi) is 6.98. The summed E-state index contributed by atoms with van der Waals surface area (Å²) in [5.74, 6) is 4.86. The minimum absolute atomic E-state index is 0.267. The van der Waals surface area contributed by atoms with Crippen LogP contribution in [0.25, 0.3) is 0 Å². The van der Waals surface area contributed by atoms with E-state index < -0.39 is 0 Å². The molecule has 0 aliphatic carbocycles. The summed E-state index contributed by atoms with van der Waals surface area (Å²) in [5, 5.41) is 0. The van der Waals surface area contributed by atoms with Gasteiger partial charge in [-0.05, 0) is 13.3 Å². The van der Waals surface area contributed by atoms with Crippen molar-refractivity contribution in [2.75, 3.05) is 0 Å². The van der Waals surface area contributed by atoms with Crippen molar-refractivity contribution in [3.05, 3.63) is 6.92 Å². The standard InChI is InChI=1S/C8H17NO/c1-3-4-5-6-7-8(2)10-9/h2,8H,3-7,9H2,1H3. The van der Waals surface area contributed by atoms with Crippen LogP contribution >= 0.6 is 0 Å². The molecule has 2 radical (unpaired) electrons. The van der Waals surface area contributed by atoms with E-state index in [2.05, 4.69) is 11.8 Å². The Balaban J connectivity index is 2.89. The maximum Gasteiger partial charge on any atom is 0.0823 e. The average molecular weight is 143 g/mol. The zero-order valence-electron chi connectivity index (χ0n) is 6.68. The first-order valence-electron chi connectivity index (χ1n) is 3.92. The molecule has 0 spiro atoms. The highest BCUT2D eigenvalue weighted by Crippen LogP contribution is 2.05. The lowest BCUT2D eigenvalue weighted by molar-refractivity contribution is 0.0767. The van der Waals surface area contributed by atoms with Crippen molar-refractivity contribution >= 4 is 0 Å². The highest BCUT2D eigenvalue weighted by molar-refractivity contribution is 4.57. The monoisotopic (exact) mass is 143 g/mol. The van der Waals surface area contributed by atoms with Crippen LogP contribution in [-0.2, 0) is 4.84 Å². The number of unbranched alkanes of at least 4 members (excludes halogenated alkanes) is 3. The van der Waals surface area contributed by atoms with Crippen LogP contribution in [0.2, 0.25) is 0 Å². The van der Waals surface area contributed by atoms with Gasteiger partial charge in [0, 0.05) is 0 Å². The highest BCUT2D eigenvalue weighted by Gasteiger charge is 1.98. The second-order valence-electron chi connectivity index (χ2n) is 2.52. The topological polar surface area (TPSA) is 35.2 Å². The predicted octanol–water partition coefficient (Wildman–Crippen LogP) is 1.93. The lowest BCUT2D eigenvalue weighted by Gasteiger charge is -2.06. The molecular formula is C8H17NO. The van der Waals surface area contributed by atoms with Gasteiger partial charge in [-0.1, -0.05) is 32.6 Å². The lowest BCUT2D eigenvalue weighted by Crippen LogP contribution is -2.12. The van der Waals surface area contributed by atoms with Crippen LogP contribution in [-0.4, -0.2) is 6.10 Å². The van der Waals surface area contributed by atoms with Crippen molar-refractivity contribution in [1.29, 1.82) is 0 Å². The Morgan fingerprint density at radius 3 is 2.60 bits per heavy atom. The highest BCUT2D eigenvalue weighted by atomic mass is 16.6. The van der Waals surface area contributed by atoms with Crippen molar-refractivity contribution in [2.45, 2.75) is 45.1 Å². The van der Waals surface area contributed by atoms with Crippen molar-refractivity contribution in [1.82, 2.24) is 0 Å². The van der Waals surface area contributed by atoms with Gasteiger partial charge in [0.1, 0.15) is 0 Å². The van der Waals surface area contributed by atoms with E-state index in [1.807, 2.05) is 0 Å². The molecule has 2 heteroatoms. The second kappa shape index (κ2) is 7.03. The van der Waals surface area contributed by atoms with E-state index in [0.717, 1.165) is 12.8 Å². The molecule has 0 amide bonds. The fourth-order valence-corrected chi connectivity index (χ4v) is 0.840. The quantitative estimate of drug-likeness (QED) is 0.455. The van der Waals surface area contributed by atoms with E-state index in [0.29, 0.717) is 0 Å². The van der Waals surface area contributed by atoms with Crippen LogP contribution < -0.4 is 5.90 Å². The van der Waals surface area contributed by atoms with Gasteiger partial charge in [-0.15, -0.1) is 0 Å². The minimum atomic E-state index is -0.267. The normalized spacial score (nSPS) is 13.5. The van der Waals surface area contributed by atoms with Gasteiger partial charge in [0.2, 0.25) is 0 Å². The molecule has 0 aromatic carbocycles. The van der Waals surface area contributed by atoms with E-state index in [1.54, 1.807) is 0 Å². The fraction of sp³-hybridized carbons (Fsp3) is 0.875.